The Morgan fingerprint density at radius 1 is 1.22 bits per heavy atom. The van der Waals surface area contributed by atoms with E-state index in [1.807, 2.05) is 25.1 Å². The Labute approximate surface area is 186 Å². The molecule has 1 saturated heterocycles. The number of carbonyl (C=O) groups is 1. The van der Waals surface area contributed by atoms with Crippen molar-refractivity contribution in [2.24, 2.45) is 5.84 Å². The lowest BCUT2D eigenvalue weighted by molar-refractivity contribution is -0.140. The fourth-order valence-electron chi connectivity index (χ4n) is 4.04. The summed E-state index contributed by atoms with van der Waals surface area (Å²) in [7, 11) is 0. The Kier molecular flexibility index (Phi) is 5.81. The molecule has 1 aliphatic heterocycles. The third-order valence-electron chi connectivity index (χ3n) is 5.91. The molecule has 32 heavy (non-hydrogen) atoms. The molecule has 0 spiro atoms. The summed E-state index contributed by atoms with van der Waals surface area (Å²) in [6, 6.07) is 5.66. The molecule has 4 heterocycles. The molecule has 168 valence electrons. The number of rotatable bonds is 4. The van der Waals surface area contributed by atoms with Crippen molar-refractivity contribution in [1.29, 1.82) is 0 Å². The molecule has 10 heteroatoms. The molecule has 0 radical (unpaired) electrons. The number of amides is 1. The zero-order chi connectivity index (χ0) is 23.0. The van der Waals surface area contributed by atoms with Crippen molar-refractivity contribution in [1.82, 2.24) is 19.9 Å². The van der Waals surface area contributed by atoms with E-state index in [9.17, 15) is 9.90 Å². The quantitative estimate of drug-likeness (QED) is 0.348. The molecule has 4 rings (SSSR count). The van der Waals surface area contributed by atoms with Crippen LogP contribution in [0.5, 0.6) is 0 Å². The van der Waals surface area contributed by atoms with Gasteiger partial charge in [0, 0.05) is 30.9 Å². The van der Waals surface area contributed by atoms with E-state index in [4.69, 9.17) is 22.3 Å². The van der Waals surface area contributed by atoms with Crippen molar-refractivity contribution >= 4 is 34.1 Å². The van der Waals surface area contributed by atoms with Crippen LogP contribution in [-0.4, -0.2) is 56.1 Å². The molecule has 0 aromatic carbocycles. The predicted molar refractivity (Wildman–Crippen MR) is 124 cm³/mol. The third-order valence-corrected chi connectivity index (χ3v) is 5.91. The number of aliphatic hydroxyl groups excluding tert-OH is 1. The number of hydrogen-bond acceptors (Lipinski definition) is 9. The summed E-state index contributed by atoms with van der Waals surface area (Å²) in [4.78, 5) is 27.2. The predicted octanol–water partition coefficient (Wildman–Crippen LogP) is 1.22. The second kappa shape index (κ2) is 8.56. The van der Waals surface area contributed by atoms with E-state index in [-0.39, 0.29) is 11.9 Å². The van der Waals surface area contributed by atoms with Crippen LogP contribution >= 0.6 is 0 Å². The minimum atomic E-state index is -1.01. The van der Waals surface area contributed by atoms with Gasteiger partial charge in [-0.15, -0.1) is 0 Å². The van der Waals surface area contributed by atoms with Crippen molar-refractivity contribution in [3.05, 3.63) is 36.2 Å². The van der Waals surface area contributed by atoms with E-state index in [1.165, 1.54) is 6.92 Å². The van der Waals surface area contributed by atoms with Gasteiger partial charge >= 0.3 is 0 Å². The highest BCUT2D eigenvalue weighted by Gasteiger charge is 2.29. The van der Waals surface area contributed by atoms with Gasteiger partial charge in [-0.1, -0.05) is 0 Å². The molecule has 1 unspecified atom stereocenters. The number of carbonyl (C=O) groups excluding carboxylic acids is 1. The molecular formula is C22H28N8O2. The lowest BCUT2D eigenvalue weighted by Gasteiger charge is -2.38. The fraction of sp³-hybridized carbons (Fsp3) is 0.364. The molecule has 1 aliphatic rings. The van der Waals surface area contributed by atoms with Crippen LogP contribution in [0.1, 0.15) is 25.3 Å². The summed E-state index contributed by atoms with van der Waals surface area (Å²) in [6.07, 6.45) is 3.57. The zero-order valence-electron chi connectivity index (χ0n) is 18.2. The molecule has 3 aromatic heterocycles. The molecule has 0 saturated carbocycles. The zero-order valence-corrected chi connectivity index (χ0v) is 18.2. The van der Waals surface area contributed by atoms with E-state index in [2.05, 4.69) is 9.97 Å². The number of aromatic nitrogens is 3. The van der Waals surface area contributed by atoms with Gasteiger partial charge in [-0.2, -0.15) is 0 Å². The molecule has 1 atom stereocenters. The number of aryl methyl sites for hydroxylation is 1. The number of hydrazine groups is 1. The second-order valence-corrected chi connectivity index (χ2v) is 8.19. The smallest absolute Gasteiger partial charge is 0.251 e. The van der Waals surface area contributed by atoms with Crippen LogP contribution in [0.2, 0.25) is 0 Å². The van der Waals surface area contributed by atoms with Gasteiger partial charge in [-0.25, -0.2) is 15.8 Å². The normalized spacial score (nSPS) is 15.7. The first-order chi connectivity index (χ1) is 15.3. The van der Waals surface area contributed by atoms with Gasteiger partial charge in [0.15, 0.2) is 0 Å². The van der Waals surface area contributed by atoms with Crippen molar-refractivity contribution in [2.75, 3.05) is 29.6 Å². The maximum atomic E-state index is 12.1. The topological polar surface area (TPSA) is 161 Å². The standard InChI is InChI=1S/C22H28N8O2/c1-12-9-14(10-27-21(12)24)17-3-4-18-19(28-17)20(16(23)11-26-18)30(25)15-5-7-29(8-6-15)22(32)13(2)31/h3-4,9-11,13,15,31H,5-8,23,25H2,1-2H3,(H2,24,27). The number of hydrogen-bond donors (Lipinski definition) is 4. The molecular weight excluding hydrogens is 408 g/mol. The minimum Gasteiger partial charge on any atom is -0.396 e. The second-order valence-electron chi connectivity index (χ2n) is 8.19. The van der Waals surface area contributed by atoms with Gasteiger partial charge in [0.25, 0.3) is 5.91 Å². The Balaban J connectivity index is 1.66. The van der Waals surface area contributed by atoms with Crippen molar-refractivity contribution in [3.8, 4) is 11.3 Å². The highest BCUT2D eigenvalue weighted by atomic mass is 16.3. The Morgan fingerprint density at radius 2 is 1.94 bits per heavy atom. The fourth-order valence-corrected chi connectivity index (χ4v) is 4.04. The maximum absolute atomic E-state index is 12.1. The van der Waals surface area contributed by atoms with Crippen LogP contribution in [0.3, 0.4) is 0 Å². The largest absolute Gasteiger partial charge is 0.396 e. The van der Waals surface area contributed by atoms with Gasteiger partial charge in [0.2, 0.25) is 0 Å². The van der Waals surface area contributed by atoms with E-state index < -0.39 is 6.10 Å². The number of pyridine rings is 3. The summed E-state index contributed by atoms with van der Waals surface area (Å²) in [5, 5.41) is 11.2. The summed E-state index contributed by atoms with van der Waals surface area (Å²) in [6.45, 7) is 4.41. The number of likely N-dealkylation sites (tertiary alicyclic amines) is 1. The number of nitrogens with two attached hydrogens (primary N) is 3. The monoisotopic (exact) mass is 436 g/mol. The van der Waals surface area contributed by atoms with Gasteiger partial charge < -0.3 is 26.5 Å². The van der Waals surface area contributed by atoms with Gasteiger partial charge in [0.05, 0.1) is 23.1 Å². The van der Waals surface area contributed by atoms with E-state index in [1.54, 1.807) is 22.3 Å². The number of anilines is 3. The highest BCUT2D eigenvalue weighted by molar-refractivity contribution is 5.95. The van der Waals surface area contributed by atoms with Crippen LogP contribution in [0.15, 0.2) is 30.6 Å². The van der Waals surface area contributed by atoms with Gasteiger partial charge in [-0.05, 0) is 50.5 Å². The summed E-state index contributed by atoms with van der Waals surface area (Å²) in [5.41, 5.74) is 16.9. The Morgan fingerprint density at radius 3 is 2.59 bits per heavy atom. The molecule has 0 aliphatic carbocycles. The van der Waals surface area contributed by atoms with Crippen molar-refractivity contribution < 1.29 is 9.90 Å². The third kappa shape index (κ3) is 4.02. The lowest BCUT2D eigenvalue weighted by atomic mass is 10.0. The van der Waals surface area contributed by atoms with E-state index in [0.29, 0.717) is 59.9 Å². The summed E-state index contributed by atoms with van der Waals surface area (Å²) >= 11 is 0. The molecule has 1 fully saturated rings. The number of nitrogens with zero attached hydrogens (tertiary/aromatic N) is 5. The summed E-state index contributed by atoms with van der Waals surface area (Å²) in [5.74, 6) is 6.77. The molecule has 10 nitrogen and oxygen atoms in total. The Hall–Kier alpha value is -3.50. The molecule has 0 bridgehead atoms. The number of nitrogen functional groups attached to an aromatic ring is 2. The Bertz CT molecular complexity index is 1160. The summed E-state index contributed by atoms with van der Waals surface area (Å²) < 4.78 is 0. The van der Waals surface area contributed by atoms with Crippen LogP contribution in [0.25, 0.3) is 22.3 Å². The minimum absolute atomic E-state index is 0.0353. The molecule has 7 N–H and O–H groups in total. The molecule has 1 amide bonds. The van der Waals surface area contributed by atoms with Crippen molar-refractivity contribution in [3.63, 3.8) is 0 Å². The number of fused-ring (bicyclic) bond motifs is 1. The van der Waals surface area contributed by atoms with Gasteiger partial charge in [-0.3, -0.25) is 9.78 Å². The highest BCUT2D eigenvalue weighted by Crippen LogP contribution is 2.33. The lowest BCUT2D eigenvalue weighted by Crippen LogP contribution is -2.51. The SMILES string of the molecule is Cc1cc(-c2ccc3ncc(N)c(N(N)C4CCN(C(=O)C(C)O)CC4)c3n2)cnc1N. The number of aliphatic hydroxyl groups is 1. The first kappa shape index (κ1) is 21.7. The number of piperidine rings is 1. The maximum Gasteiger partial charge on any atom is 0.251 e. The van der Waals surface area contributed by atoms with E-state index in [0.717, 1.165) is 11.1 Å². The van der Waals surface area contributed by atoms with E-state index >= 15 is 0 Å². The van der Waals surface area contributed by atoms with Crippen LogP contribution in [-0.2, 0) is 4.79 Å². The van der Waals surface area contributed by atoms with Crippen molar-refractivity contribution in [2.45, 2.75) is 38.8 Å². The van der Waals surface area contributed by atoms with Crippen LogP contribution < -0.4 is 22.3 Å². The average Bonchev–Trinajstić information content (AvgIpc) is 2.79. The first-order valence-corrected chi connectivity index (χ1v) is 10.5. The van der Waals surface area contributed by atoms with Crippen LogP contribution in [0.4, 0.5) is 17.2 Å². The first-order valence-electron chi connectivity index (χ1n) is 10.5. The average molecular weight is 437 g/mol. The van der Waals surface area contributed by atoms with Crippen LogP contribution in [0, 0.1) is 6.92 Å². The molecule has 3 aromatic rings. The van der Waals surface area contributed by atoms with Gasteiger partial charge in [0.1, 0.15) is 23.1 Å².